The fourth-order valence-corrected chi connectivity index (χ4v) is 0.901. The SMILES string of the molecule is CCc1ccncc1OC(N)=O. The molecule has 0 unspecified atom stereocenters. The van der Waals surface area contributed by atoms with Gasteiger partial charge in [0, 0.05) is 6.20 Å². The zero-order valence-corrected chi connectivity index (χ0v) is 6.78. The van der Waals surface area contributed by atoms with Crippen molar-refractivity contribution in [2.75, 3.05) is 0 Å². The number of carbonyl (C=O) groups excluding carboxylic acids is 1. The van der Waals surface area contributed by atoms with Crippen LogP contribution in [0.3, 0.4) is 0 Å². The molecule has 4 heteroatoms. The molecule has 0 aliphatic rings. The average Bonchev–Trinajstić information content (AvgIpc) is 2.04. The molecule has 1 rings (SSSR count). The highest BCUT2D eigenvalue weighted by Crippen LogP contribution is 2.16. The van der Waals surface area contributed by atoms with E-state index in [1.165, 1.54) is 6.20 Å². The molecule has 0 fully saturated rings. The normalized spacial score (nSPS) is 9.42. The molecule has 0 aliphatic carbocycles. The number of carbonyl (C=O) groups is 1. The fourth-order valence-electron chi connectivity index (χ4n) is 0.901. The summed E-state index contributed by atoms with van der Waals surface area (Å²) in [5.74, 6) is 0.438. The van der Waals surface area contributed by atoms with Gasteiger partial charge in [0.25, 0.3) is 0 Å². The lowest BCUT2D eigenvalue weighted by atomic mass is 10.2. The zero-order chi connectivity index (χ0) is 8.97. The summed E-state index contributed by atoms with van der Waals surface area (Å²) in [6, 6.07) is 1.79. The number of rotatable bonds is 2. The van der Waals surface area contributed by atoms with Gasteiger partial charge in [-0.2, -0.15) is 0 Å². The Hall–Kier alpha value is -1.58. The van der Waals surface area contributed by atoms with E-state index in [0.717, 1.165) is 12.0 Å². The first-order valence-corrected chi connectivity index (χ1v) is 3.64. The summed E-state index contributed by atoms with van der Waals surface area (Å²) in [5, 5.41) is 0. The van der Waals surface area contributed by atoms with Crippen LogP contribution in [0.1, 0.15) is 12.5 Å². The molecule has 0 aromatic carbocycles. The van der Waals surface area contributed by atoms with Crippen molar-refractivity contribution in [2.45, 2.75) is 13.3 Å². The molecule has 0 atom stereocenters. The Morgan fingerprint density at radius 1 is 1.75 bits per heavy atom. The highest BCUT2D eigenvalue weighted by molar-refractivity contribution is 5.68. The number of pyridine rings is 1. The molecule has 0 spiro atoms. The Morgan fingerprint density at radius 3 is 3.08 bits per heavy atom. The molecule has 1 aromatic heterocycles. The lowest BCUT2D eigenvalue weighted by Crippen LogP contribution is -2.17. The lowest BCUT2D eigenvalue weighted by molar-refractivity contribution is 0.210. The molecule has 0 aliphatic heterocycles. The van der Waals surface area contributed by atoms with Crippen LogP contribution in [0, 0.1) is 0 Å². The standard InChI is InChI=1S/C8H10N2O2/c1-2-6-3-4-10-5-7(6)12-8(9)11/h3-5H,2H2,1H3,(H2,9,11). The third-order valence-electron chi connectivity index (χ3n) is 1.46. The highest BCUT2D eigenvalue weighted by Gasteiger charge is 2.03. The number of aromatic nitrogens is 1. The second kappa shape index (κ2) is 3.71. The number of aryl methyl sites for hydroxylation is 1. The van der Waals surface area contributed by atoms with Gasteiger partial charge in [-0.05, 0) is 18.1 Å². The van der Waals surface area contributed by atoms with Crippen molar-refractivity contribution in [3.63, 3.8) is 0 Å². The molecule has 0 saturated heterocycles. The Balaban J connectivity index is 2.89. The smallest absolute Gasteiger partial charge is 0.409 e. The zero-order valence-electron chi connectivity index (χ0n) is 6.78. The molecule has 1 heterocycles. The number of hydrogen-bond donors (Lipinski definition) is 1. The van der Waals surface area contributed by atoms with Crippen LogP contribution in [0.5, 0.6) is 5.75 Å². The van der Waals surface area contributed by atoms with Crippen LogP contribution in [-0.4, -0.2) is 11.1 Å². The summed E-state index contributed by atoms with van der Waals surface area (Å²) in [5.41, 5.74) is 5.78. The monoisotopic (exact) mass is 166 g/mol. The molecule has 0 bridgehead atoms. The van der Waals surface area contributed by atoms with Crippen molar-refractivity contribution >= 4 is 6.09 Å². The first-order valence-electron chi connectivity index (χ1n) is 3.64. The van der Waals surface area contributed by atoms with Gasteiger partial charge in [0.05, 0.1) is 6.20 Å². The van der Waals surface area contributed by atoms with Crippen molar-refractivity contribution < 1.29 is 9.53 Å². The number of nitrogens with zero attached hydrogens (tertiary/aromatic N) is 1. The van der Waals surface area contributed by atoms with E-state index in [1.807, 2.05) is 6.92 Å². The van der Waals surface area contributed by atoms with Gasteiger partial charge in [-0.25, -0.2) is 4.79 Å². The summed E-state index contributed by atoms with van der Waals surface area (Å²) in [6.45, 7) is 1.96. The summed E-state index contributed by atoms with van der Waals surface area (Å²) in [7, 11) is 0. The van der Waals surface area contributed by atoms with Gasteiger partial charge in [0.1, 0.15) is 0 Å². The van der Waals surface area contributed by atoms with E-state index in [-0.39, 0.29) is 0 Å². The van der Waals surface area contributed by atoms with Crippen LogP contribution in [-0.2, 0) is 6.42 Å². The molecule has 1 aromatic rings. The molecule has 64 valence electrons. The minimum absolute atomic E-state index is 0.438. The number of amides is 1. The fraction of sp³-hybridized carbons (Fsp3) is 0.250. The predicted molar refractivity (Wildman–Crippen MR) is 43.8 cm³/mol. The van der Waals surface area contributed by atoms with Crippen molar-refractivity contribution in [3.8, 4) is 5.75 Å². The molecule has 0 radical (unpaired) electrons. The summed E-state index contributed by atoms with van der Waals surface area (Å²) < 4.78 is 4.71. The molecule has 0 saturated carbocycles. The van der Waals surface area contributed by atoms with Gasteiger partial charge in [0.15, 0.2) is 5.75 Å². The van der Waals surface area contributed by atoms with Gasteiger partial charge >= 0.3 is 6.09 Å². The largest absolute Gasteiger partial charge is 0.410 e. The number of hydrogen-bond acceptors (Lipinski definition) is 3. The quantitative estimate of drug-likeness (QED) is 0.715. The Labute approximate surface area is 70.4 Å². The van der Waals surface area contributed by atoms with E-state index in [4.69, 9.17) is 10.5 Å². The van der Waals surface area contributed by atoms with Gasteiger partial charge < -0.3 is 10.5 Å². The van der Waals surface area contributed by atoms with Crippen molar-refractivity contribution in [3.05, 3.63) is 24.0 Å². The molecule has 2 N–H and O–H groups in total. The second-order valence-electron chi connectivity index (χ2n) is 2.26. The maximum absolute atomic E-state index is 10.4. The van der Waals surface area contributed by atoms with E-state index in [2.05, 4.69) is 4.98 Å². The van der Waals surface area contributed by atoms with Crippen molar-refractivity contribution in [2.24, 2.45) is 5.73 Å². The van der Waals surface area contributed by atoms with Crippen LogP contribution < -0.4 is 10.5 Å². The van der Waals surface area contributed by atoms with Gasteiger partial charge in [-0.15, -0.1) is 0 Å². The van der Waals surface area contributed by atoms with E-state index in [0.29, 0.717) is 5.75 Å². The van der Waals surface area contributed by atoms with E-state index in [1.54, 1.807) is 12.3 Å². The van der Waals surface area contributed by atoms with E-state index < -0.39 is 6.09 Å². The maximum Gasteiger partial charge on any atom is 0.410 e. The first-order chi connectivity index (χ1) is 5.74. The van der Waals surface area contributed by atoms with Crippen LogP contribution >= 0.6 is 0 Å². The van der Waals surface area contributed by atoms with Gasteiger partial charge in [-0.3, -0.25) is 4.98 Å². The summed E-state index contributed by atoms with van der Waals surface area (Å²) in [6.07, 6.45) is 3.10. The number of ether oxygens (including phenoxy) is 1. The van der Waals surface area contributed by atoms with Crippen LogP contribution in [0.2, 0.25) is 0 Å². The summed E-state index contributed by atoms with van der Waals surface area (Å²) in [4.78, 5) is 14.2. The lowest BCUT2D eigenvalue weighted by Gasteiger charge is -2.04. The molecular formula is C8H10N2O2. The Morgan fingerprint density at radius 2 is 2.50 bits per heavy atom. The van der Waals surface area contributed by atoms with Crippen LogP contribution in [0.15, 0.2) is 18.5 Å². The number of nitrogens with two attached hydrogens (primary N) is 1. The molecule has 4 nitrogen and oxygen atoms in total. The Bertz CT molecular complexity index is 286. The highest BCUT2D eigenvalue weighted by atomic mass is 16.5. The van der Waals surface area contributed by atoms with E-state index >= 15 is 0 Å². The first kappa shape index (κ1) is 8.52. The predicted octanol–water partition coefficient (Wildman–Crippen LogP) is 1.10. The van der Waals surface area contributed by atoms with Gasteiger partial charge in [0.2, 0.25) is 0 Å². The molecular weight excluding hydrogens is 156 g/mol. The number of primary amides is 1. The topological polar surface area (TPSA) is 65.2 Å². The van der Waals surface area contributed by atoms with Gasteiger partial charge in [-0.1, -0.05) is 6.92 Å². The minimum Gasteiger partial charge on any atom is -0.409 e. The molecule has 12 heavy (non-hydrogen) atoms. The second-order valence-corrected chi connectivity index (χ2v) is 2.26. The van der Waals surface area contributed by atoms with Crippen molar-refractivity contribution in [1.82, 2.24) is 4.98 Å². The van der Waals surface area contributed by atoms with Crippen LogP contribution in [0.4, 0.5) is 4.79 Å². The van der Waals surface area contributed by atoms with Crippen LogP contribution in [0.25, 0.3) is 0 Å². The third-order valence-corrected chi connectivity index (χ3v) is 1.46. The average molecular weight is 166 g/mol. The maximum atomic E-state index is 10.4. The molecule has 1 amide bonds. The summed E-state index contributed by atoms with van der Waals surface area (Å²) >= 11 is 0. The van der Waals surface area contributed by atoms with E-state index in [9.17, 15) is 4.79 Å². The van der Waals surface area contributed by atoms with Crippen molar-refractivity contribution in [1.29, 1.82) is 0 Å². The third kappa shape index (κ3) is 1.95. The Kier molecular flexibility index (Phi) is 2.63. The minimum atomic E-state index is -0.808.